The molecule has 0 saturated carbocycles. The van der Waals surface area contributed by atoms with Crippen LogP contribution >= 0.6 is 11.3 Å². The molecule has 0 radical (unpaired) electrons. The summed E-state index contributed by atoms with van der Waals surface area (Å²) in [4.78, 5) is 20.7. The van der Waals surface area contributed by atoms with Crippen LogP contribution in [-0.4, -0.2) is 30.5 Å². The van der Waals surface area contributed by atoms with Crippen LogP contribution in [0, 0.1) is 0 Å². The monoisotopic (exact) mass is 415 g/mol. The number of fused-ring (bicyclic) bond motifs is 5. The number of carbonyl (C=O) groups excluding carboxylic acids is 1. The fraction of sp³-hybridized carbons (Fsp3) is 0.280. The topological polar surface area (TPSA) is 45.2 Å². The van der Waals surface area contributed by atoms with Gasteiger partial charge in [0, 0.05) is 40.7 Å². The highest BCUT2D eigenvalue weighted by Crippen LogP contribution is 2.43. The number of rotatable bonds is 2. The van der Waals surface area contributed by atoms with Crippen LogP contribution in [0.2, 0.25) is 0 Å². The van der Waals surface area contributed by atoms with Crippen LogP contribution in [-0.2, 0) is 0 Å². The molecule has 1 N–H and O–H groups in total. The second-order valence-corrected chi connectivity index (χ2v) is 9.57. The predicted octanol–water partition coefficient (Wildman–Crippen LogP) is 5.81. The Morgan fingerprint density at radius 1 is 1.10 bits per heavy atom. The third kappa shape index (κ3) is 3.05. The Bertz CT molecular complexity index is 1270. The molecule has 5 rings (SSSR count). The number of aromatic nitrogens is 1. The van der Waals surface area contributed by atoms with E-state index in [1.165, 1.54) is 5.56 Å². The first-order valence-electron chi connectivity index (χ1n) is 10.4. The molecule has 0 saturated heterocycles. The third-order valence-corrected chi connectivity index (χ3v) is 7.03. The second-order valence-electron chi connectivity index (χ2n) is 8.51. The van der Waals surface area contributed by atoms with Crippen LogP contribution in [0.25, 0.3) is 32.2 Å². The van der Waals surface area contributed by atoms with Crippen molar-refractivity contribution in [3.63, 3.8) is 0 Å². The van der Waals surface area contributed by atoms with E-state index in [-0.39, 0.29) is 11.9 Å². The van der Waals surface area contributed by atoms with Crippen LogP contribution in [0.15, 0.2) is 48.5 Å². The number of nitrogens with zero attached hydrogens (tertiary/aromatic N) is 2. The molecule has 5 heteroatoms. The first-order valence-corrected chi connectivity index (χ1v) is 11.2. The lowest BCUT2D eigenvalue weighted by Crippen LogP contribution is -2.36. The number of amides is 1. The van der Waals surface area contributed by atoms with Gasteiger partial charge in [0.15, 0.2) is 0 Å². The van der Waals surface area contributed by atoms with Crippen LogP contribution < -0.4 is 10.2 Å². The van der Waals surface area contributed by atoms with Crippen molar-refractivity contribution in [3.05, 3.63) is 59.0 Å². The standard InChI is InChI=1S/C25H25N3OS/c1-14(2)16-5-7-17(8-6-16)19-10-9-18-20(27-19)11-12-21-22(18)23-24(30-21)25(29)26-15(3)13-28(23)4/h5-12,14-15H,13H2,1-4H3,(H,26,29)/t15-/m1/s1. The van der Waals surface area contributed by atoms with E-state index in [9.17, 15) is 4.79 Å². The summed E-state index contributed by atoms with van der Waals surface area (Å²) < 4.78 is 1.12. The Hall–Kier alpha value is -2.92. The number of benzene rings is 2. The molecule has 0 spiro atoms. The molecule has 3 heterocycles. The van der Waals surface area contributed by atoms with Crippen molar-refractivity contribution in [1.29, 1.82) is 0 Å². The number of carbonyl (C=O) groups is 1. The molecule has 2 aromatic heterocycles. The van der Waals surface area contributed by atoms with Gasteiger partial charge in [0.05, 0.1) is 16.9 Å². The Morgan fingerprint density at radius 3 is 2.60 bits per heavy atom. The molecule has 1 atom stereocenters. The second kappa shape index (κ2) is 7.10. The minimum Gasteiger partial charge on any atom is -0.371 e. The van der Waals surface area contributed by atoms with E-state index in [0.717, 1.165) is 49.4 Å². The Kier molecular flexibility index (Phi) is 4.51. The summed E-state index contributed by atoms with van der Waals surface area (Å²) in [6.07, 6.45) is 0. The molecule has 1 amide bonds. The molecule has 152 valence electrons. The quantitative estimate of drug-likeness (QED) is 0.449. The van der Waals surface area contributed by atoms with Gasteiger partial charge in [-0.1, -0.05) is 38.1 Å². The minimum absolute atomic E-state index is 0.0195. The van der Waals surface area contributed by atoms with Gasteiger partial charge in [-0.15, -0.1) is 11.3 Å². The highest BCUT2D eigenvalue weighted by Gasteiger charge is 2.27. The number of thiophene rings is 1. The lowest BCUT2D eigenvalue weighted by atomic mass is 10.00. The highest BCUT2D eigenvalue weighted by atomic mass is 32.1. The van der Waals surface area contributed by atoms with Crippen molar-refractivity contribution in [3.8, 4) is 11.3 Å². The maximum absolute atomic E-state index is 12.7. The van der Waals surface area contributed by atoms with E-state index >= 15 is 0 Å². The van der Waals surface area contributed by atoms with Gasteiger partial charge in [-0.05, 0) is 42.7 Å². The van der Waals surface area contributed by atoms with Crippen molar-refractivity contribution in [2.45, 2.75) is 32.7 Å². The van der Waals surface area contributed by atoms with Crippen molar-refractivity contribution in [2.75, 3.05) is 18.5 Å². The lowest BCUT2D eigenvalue weighted by Gasteiger charge is -2.20. The van der Waals surface area contributed by atoms with Gasteiger partial charge in [-0.25, -0.2) is 4.98 Å². The summed E-state index contributed by atoms with van der Waals surface area (Å²) in [6, 6.07) is 17.2. The zero-order valence-electron chi connectivity index (χ0n) is 17.7. The lowest BCUT2D eigenvalue weighted by molar-refractivity contribution is 0.0949. The summed E-state index contributed by atoms with van der Waals surface area (Å²) in [7, 11) is 2.07. The molecule has 0 bridgehead atoms. The van der Waals surface area contributed by atoms with E-state index in [1.807, 2.05) is 6.92 Å². The zero-order chi connectivity index (χ0) is 21.0. The van der Waals surface area contributed by atoms with Crippen molar-refractivity contribution in [2.24, 2.45) is 0 Å². The molecule has 4 nitrogen and oxygen atoms in total. The zero-order valence-corrected chi connectivity index (χ0v) is 18.5. The molecule has 1 aliphatic rings. The third-order valence-electron chi connectivity index (χ3n) is 5.88. The number of hydrogen-bond acceptors (Lipinski definition) is 4. The molecule has 30 heavy (non-hydrogen) atoms. The van der Waals surface area contributed by atoms with Crippen molar-refractivity contribution >= 4 is 43.9 Å². The fourth-order valence-corrected chi connectivity index (χ4v) is 5.51. The summed E-state index contributed by atoms with van der Waals surface area (Å²) in [5.74, 6) is 0.536. The summed E-state index contributed by atoms with van der Waals surface area (Å²) in [6.45, 7) is 7.24. The molecule has 4 aromatic rings. The van der Waals surface area contributed by atoms with Gasteiger partial charge in [-0.3, -0.25) is 4.79 Å². The first-order chi connectivity index (χ1) is 14.4. The number of nitrogens with one attached hydrogen (secondary N) is 1. The summed E-state index contributed by atoms with van der Waals surface area (Å²) in [5.41, 5.74) is 5.41. The maximum Gasteiger partial charge on any atom is 0.263 e. The molecular formula is C25H25N3OS. The van der Waals surface area contributed by atoms with Gasteiger partial charge in [0.25, 0.3) is 5.91 Å². The number of anilines is 1. The predicted molar refractivity (Wildman–Crippen MR) is 127 cm³/mol. The normalized spacial score (nSPS) is 16.8. The van der Waals surface area contributed by atoms with Crippen LogP contribution in [0.5, 0.6) is 0 Å². The van der Waals surface area contributed by atoms with Crippen LogP contribution in [0.4, 0.5) is 5.69 Å². The van der Waals surface area contributed by atoms with E-state index in [0.29, 0.717) is 5.92 Å². The largest absolute Gasteiger partial charge is 0.371 e. The first kappa shape index (κ1) is 19.1. The van der Waals surface area contributed by atoms with E-state index in [1.54, 1.807) is 11.3 Å². The smallest absolute Gasteiger partial charge is 0.263 e. The SMILES string of the molecule is CC(C)c1ccc(-c2ccc3c(ccc4sc5c(c43)N(C)C[C@@H](C)NC5=O)n2)cc1. The van der Waals surface area contributed by atoms with Crippen LogP contribution in [0.1, 0.15) is 41.9 Å². The molecular weight excluding hydrogens is 390 g/mol. The fourth-order valence-electron chi connectivity index (χ4n) is 4.34. The Morgan fingerprint density at radius 2 is 1.87 bits per heavy atom. The van der Waals surface area contributed by atoms with Gasteiger partial charge < -0.3 is 10.2 Å². The average Bonchev–Trinajstić information content (AvgIpc) is 3.09. The van der Waals surface area contributed by atoms with Crippen molar-refractivity contribution < 1.29 is 4.79 Å². The van der Waals surface area contributed by atoms with Gasteiger partial charge in [0.1, 0.15) is 4.88 Å². The van der Waals surface area contributed by atoms with Crippen molar-refractivity contribution in [1.82, 2.24) is 10.3 Å². The van der Waals surface area contributed by atoms with E-state index < -0.39 is 0 Å². The maximum atomic E-state index is 12.7. The summed E-state index contributed by atoms with van der Waals surface area (Å²) in [5, 5.41) is 5.33. The van der Waals surface area contributed by atoms with Gasteiger partial charge >= 0.3 is 0 Å². The van der Waals surface area contributed by atoms with E-state index in [2.05, 4.69) is 79.6 Å². The molecule has 0 unspecified atom stereocenters. The van der Waals surface area contributed by atoms with Gasteiger partial charge in [-0.2, -0.15) is 0 Å². The number of pyridine rings is 1. The molecule has 0 fully saturated rings. The molecule has 1 aliphatic heterocycles. The Balaban J connectivity index is 1.67. The average molecular weight is 416 g/mol. The molecule has 0 aliphatic carbocycles. The Labute approximate surface area is 180 Å². The number of likely N-dealkylation sites (N-methyl/N-ethyl adjacent to an activating group) is 1. The van der Waals surface area contributed by atoms with E-state index in [4.69, 9.17) is 4.98 Å². The summed E-state index contributed by atoms with van der Waals surface area (Å²) >= 11 is 1.57. The van der Waals surface area contributed by atoms with Crippen LogP contribution in [0.3, 0.4) is 0 Å². The highest BCUT2D eigenvalue weighted by molar-refractivity contribution is 7.21. The number of hydrogen-bond donors (Lipinski definition) is 1. The van der Waals surface area contributed by atoms with Gasteiger partial charge in [0.2, 0.25) is 0 Å². The molecule has 2 aromatic carbocycles. The minimum atomic E-state index is 0.0195.